The third-order valence-corrected chi connectivity index (χ3v) is 6.40. The van der Waals surface area contributed by atoms with E-state index >= 15 is 0 Å². The maximum Gasteiger partial charge on any atom is 0.414 e. The molecule has 0 radical (unpaired) electrons. The molecule has 2 rings (SSSR count). The summed E-state index contributed by atoms with van der Waals surface area (Å²) >= 11 is 0. The lowest BCUT2D eigenvalue weighted by Crippen LogP contribution is -2.50. The van der Waals surface area contributed by atoms with Crippen molar-refractivity contribution in [2.75, 3.05) is 32.7 Å². The van der Waals surface area contributed by atoms with Crippen LogP contribution in [0.4, 0.5) is 4.79 Å². The highest BCUT2D eigenvalue weighted by Crippen LogP contribution is 2.14. The van der Waals surface area contributed by atoms with Crippen molar-refractivity contribution in [2.24, 2.45) is 0 Å². The molecule has 0 bridgehead atoms. The third kappa shape index (κ3) is 10.9. The molecule has 1 aromatic heterocycles. The Morgan fingerprint density at radius 3 is 2.14 bits per heavy atom. The van der Waals surface area contributed by atoms with Gasteiger partial charge in [0.1, 0.15) is 0 Å². The summed E-state index contributed by atoms with van der Waals surface area (Å²) < 4.78 is 6.43. The van der Waals surface area contributed by atoms with Crippen LogP contribution in [0, 0.1) is 6.92 Å². The monoisotopic (exact) mass is 520 g/mol. The first-order valence-electron chi connectivity index (χ1n) is 13.4. The Morgan fingerprint density at radius 2 is 1.59 bits per heavy atom. The van der Waals surface area contributed by atoms with Crippen molar-refractivity contribution in [3.05, 3.63) is 24.2 Å². The van der Waals surface area contributed by atoms with Crippen LogP contribution in [0.2, 0.25) is 0 Å². The normalized spacial score (nSPS) is 15.2. The molecule has 2 heterocycles. The van der Waals surface area contributed by atoms with Crippen molar-refractivity contribution in [2.45, 2.75) is 90.7 Å². The smallest absolute Gasteiger partial charge is 0.414 e. The lowest BCUT2D eigenvalue weighted by Gasteiger charge is -2.34. The van der Waals surface area contributed by atoms with E-state index in [-0.39, 0.29) is 11.8 Å². The van der Waals surface area contributed by atoms with E-state index in [9.17, 15) is 19.5 Å². The zero-order valence-corrected chi connectivity index (χ0v) is 22.7. The number of aromatic nitrogens is 3. The fourth-order valence-electron chi connectivity index (χ4n) is 4.35. The van der Waals surface area contributed by atoms with E-state index in [2.05, 4.69) is 22.2 Å². The largest absolute Gasteiger partial charge is 0.416 e. The Balaban J connectivity index is 1.45. The van der Waals surface area contributed by atoms with Gasteiger partial charge in [0, 0.05) is 45.3 Å². The van der Waals surface area contributed by atoms with Gasteiger partial charge in [-0.25, -0.2) is 9.48 Å². The number of aliphatic hydroxyl groups is 1. The van der Waals surface area contributed by atoms with Crippen LogP contribution in [0.1, 0.15) is 83.4 Å². The molecule has 0 spiro atoms. The third-order valence-electron chi connectivity index (χ3n) is 6.40. The second-order valence-corrected chi connectivity index (χ2v) is 9.83. The summed E-state index contributed by atoms with van der Waals surface area (Å²) in [4.78, 5) is 40.2. The predicted octanol–water partition coefficient (Wildman–Crippen LogP) is 2.95. The van der Waals surface area contributed by atoms with Gasteiger partial charge in [0.15, 0.2) is 6.04 Å². The van der Waals surface area contributed by atoms with Crippen LogP contribution in [0.15, 0.2) is 18.5 Å². The van der Waals surface area contributed by atoms with Gasteiger partial charge in [-0.15, -0.1) is 5.10 Å². The predicted molar refractivity (Wildman–Crippen MR) is 139 cm³/mol. The van der Waals surface area contributed by atoms with Crippen LogP contribution >= 0.6 is 0 Å². The summed E-state index contributed by atoms with van der Waals surface area (Å²) in [6.45, 7) is 11.2. The number of unbranched alkanes of at least 4 members (excludes halogenated alkanes) is 7. The molecule has 1 aromatic rings. The summed E-state index contributed by atoms with van der Waals surface area (Å²) in [5.41, 5.74) is 0.698. The van der Waals surface area contributed by atoms with Crippen LogP contribution in [0.25, 0.3) is 0 Å². The number of ether oxygens (including phenoxy) is 1. The highest BCUT2D eigenvalue weighted by Gasteiger charge is 2.27. The van der Waals surface area contributed by atoms with Crippen molar-refractivity contribution in [1.29, 1.82) is 0 Å². The number of rotatable bonds is 15. The van der Waals surface area contributed by atoms with Crippen LogP contribution in [0.5, 0.6) is 0 Å². The van der Waals surface area contributed by atoms with Gasteiger partial charge in [0.05, 0.1) is 17.6 Å². The van der Waals surface area contributed by atoms with Gasteiger partial charge in [-0.05, 0) is 33.6 Å². The highest BCUT2D eigenvalue weighted by molar-refractivity contribution is 5.80. The first kappa shape index (κ1) is 30.3. The number of aryl methyl sites for hydroxylation is 1. The number of carbonyl (C=O) groups excluding carboxylic acids is 3. The number of allylic oxidation sites excluding steroid dienone is 1. The van der Waals surface area contributed by atoms with Crippen molar-refractivity contribution in [1.82, 2.24) is 30.1 Å². The summed E-state index contributed by atoms with van der Waals surface area (Å²) in [7, 11) is 0. The Hall–Kier alpha value is -2.95. The molecular formula is C26H44N6O5. The maximum atomic E-state index is 12.4. The van der Waals surface area contributed by atoms with Crippen LogP contribution < -0.4 is 5.32 Å². The van der Waals surface area contributed by atoms with Crippen LogP contribution in [-0.4, -0.2) is 86.6 Å². The second kappa shape index (κ2) is 16.0. The fourth-order valence-corrected chi connectivity index (χ4v) is 4.35. The molecule has 2 N–H and O–H groups in total. The molecule has 3 amide bonds. The van der Waals surface area contributed by atoms with Gasteiger partial charge in [-0.1, -0.05) is 50.3 Å². The Labute approximate surface area is 220 Å². The van der Waals surface area contributed by atoms with Crippen LogP contribution in [0.3, 0.4) is 0 Å². The second-order valence-electron chi connectivity index (χ2n) is 9.83. The maximum absolute atomic E-state index is 12.4. The zero-order chi connectivity index (χ0) is 27.2. The van der Waals surface area contributed by atoms with E-state index in [0.717, 1.165) is 51.4 Å². The molecule has 2 atom stereocenters. The molecule has 11 nitrogen and oxygen atoms in total. The lowest BCUT2D eigenvalue weighted by molar-refractivity contribution is -0.133. The Kier molecular flexibility index (Phi) is 13.1. The molecule has 1 aliphatic rings. The minimum absolute atomic E-state index is 0.159. The number of hydrogen-bond donors (Lipinski definition) is 2. The summed E-state index contributed by atoms with van der Waals surface area (Å²) in [5.74, 6) is 0.280. The minimum Gasteiger partial charge on any atom is -0.416 e. The lowest BCUT2D eigenvalue weighted by atomic mass is 10.1. The molecule has 37 heavy (non-hydrogen) atoms. The standard InChI is InChI=1S/C26H44N6O5/c1-20(2)37-26(36)31-17-15-30(16-18-31)23(34)13-11-9-7-5-6-8-10-12-14-27-25(35)24(22(4)33)32-19-21(3)28-29-32/h19,22,24,33H,1,5-18H2,2-4H3,(H,27,35)/t22-,24+/m1/s1. The molecule has 0 aromatic carbocycles. The van der Waals surface area contributed by atoms with Gasteiger partial charge in [0.2, 0.25) is 11.8 Å². The van der Waals surface area contributed by atoms with Gasteiger partial charge in [-0.2, -0.15) is 0 Å². The topological polar surface area (TPSA) is 130 Å². The van der Waals surface area contributed by atoms with Crippen molar-refractivity contribution >= 4 is 17.9 Å². The molecule has 1 aliphatic heterocycles. The average Bonchev–Trinajstić information content (AvgIpc) is 3.27. The molecule has 0 unspecified atom stereocenters. The quantitative estimate of drug-likeness (QED) is 0.269. The Morgan fingerprint density at radius 1 is 1.03 bits per heavy atom. The first-order chi connectivity index (χ1) is 17.7. The first-order valence-corrected chi connectivity index (χ1v) is 13.4. The number of nitrogens with one attached hydrogen (secondary N) is 1. The number of aliphatic hydroxyl groups excluding tert-OH is 1. The van der Waals surface area contributed by atoms with Gasteiger partial charge in [0.25, 0.3) is 0 Å². The Bertz CT molecular complexity index is 879. The molecule has 11 heteroatoms. The van der Waals surface area contributed by atoms with E-state index in [1.165, 1.54) is 4.68 Å². The average molecular weight is 521 g/mol. The number of amides is 3. The van der Waals surface area contributed by atoms with Crippen molar-refractivity contribution in [3.8, 4) is 0 Å². The van der Waals surface area contributed by atoms with E-state index in [1.54, 1.807) is 31.9 Å². The molecule has 0 saturated carbocycles. The molecule has 1 saturated heterocycles. The van der Waals surface area contributed by atoms with Gasteiger partial charge in [-0.3, -0.25) is 9.59 Å². The molecule has 208 valence electrons. The summed E-state index contributed by atoms with van der Waals surface area (Å²) in [6.07, 6.45) is 9.29. The van der Waals surface area contributed by atoms with Gasteiger partial charge < -0.3 is 25.0 Å². The highest BCUT2D eigenvalue weighted by atomic mass is 16.6. The SMILES string of the molecule is C=C(C)OC(=O)N1CCN(C(=O)CCCCCCCCCCNC(=O)[C@H]([C@@H](C)O)n2cc(C)nn2)CC1. The van der Waals surface area contributed by atoms with E-state index in [1.807, 2.05) is 4.90 Å². The molecule has 0 aliphatic carbocycles. The number of carbonyl (C=O) groups is 3. The number of piperazine rings is 1. The van der Waals surface area contributed by atoms with E-state index in [4.69, 9.17) is 4.74 Å². The van der Waals surface area contributed by atoms with Gasteiger partial charge >= 0.3 is 6.09 Å². The fraction of sp³-hybridized carbons (Fsp3) is 0.731. The number of hydrogen-bond acceptors (Lipinski definition) is 7. The van der Waals surface area contributed by atoms with Crippen molar-refractivity contribution < 1.29 is 24.2 Å². The molecular weight excluding hydrogens is 476 g/mol. The minimum atomic E-state index is -0.862. The zero-order valence-electron chi connectivity index (χ0n) is 22.7. The number of nitrogens with zero attached hydrogens (tertiary/aromatic N) is 5. The van der Waals surface area contributed by atoms with E-state index in [0.29, 0.717) is 50.6 Å². The molecule has 1 fully saturated rings. The van der Waals surface area contributed by atoms with Crippen molar-refractivity contribution in [3.63, 3.8) is 0 Å². The van der Waals surface area contributed by atoms with E-state index < -0.39 is 18.2 Å². The summed E-state index contributed by atoms with van der Waals surface area (Å²) in [6, 6.07) is -0.775. The van der Waals surface area contributed by atoms with Crippen LogP contribution in [-0.2, 0) is 14.3 Å². The summed E-state index contributed by atoms with van der Waals surface area (Å²) in [5, 5.41) is 20.7.